The van der Waals surface area contributed by atoms with Crippen LogP contribution in [0.25, 0.3) is 0 Å². The van der Waals surface area contributed by atoms with Gasteiger partial charge in [-0.15, -0.1) is 0 Å². The molecule has 112 valence electrons. The lowest BCUT2D eigenvalue weighted by atomic mass is 10.2. The van der Waals surface area contributed by atoms with E-state index in [2.05, 4.69) is 10.6 Å². The Balaban J connectivity index is 1.79. The SMILES string of the molecule is CCOc1cccc(NCCNc2ccc(C)c(Cl)c2)c1. The topological polar surface area (TPSA) is 33.3 Å². The number of benzene rings is 2. The molecular formula is C17H21ClN2O. The molecule has 0 bridgehead atoms. The zero-order chi connectivity index (χ0) is 15.1. The predicted molar refractivity (Wildman–Crippen MR) is 90.8 cm³/mol. The summed E-state index contributed by atoms with van der Waals surface area (Å²) in [6.07, 6.45) is 0. The van der Waals surface area contributed by atoms with E-state index in [-0.39, 0.29) is 0 Å². The second-order valence-corrected chi connectivity index (χ2v) is 5.19. The van der Waals surface area contributed by atoms with E-state index in [1.54, 1.807) is 0 Å². The van der Waals surface area contributed by atoms with Crippen molar-refractivity contribution in [1.29, 1.82) is 0 Å². The summed E-state index contributed by atoms with van der Waals surface area (Å²) in [5.74, 6) is 0.890. The van der Waals surface area contributed by atoms with E-state index in [0.29, 0.717) is 6.61 Å². The largest absolute Gasteiger partial charge is 0.494 e. The van der Waals surface area contributed by atoms with E-state index in [1.807, 2.05) is 56.3 Å². The van der Waals surface area contributed by atoms with Gasteiger partial charge in [-0.05, 0) is 43.7 Å². The minimum absolute atomic E-state index is 0.680. The molecule has 0 aliphatic heterocycles. The van der Waals surface area contributed by atoms with E-state index in [1.165, 1.54) is 0 Å². The Kier molecular flexibility index (Phi) is 5.76. The van der Waals surface area contributed by atoms with Gasteiger partial charge < -0.3 is 15.4 Å². The van der Waals surface area contributed by atoms with Gasteiger partial charge >= 0.3 is 0 Å². The Bertz CT molecular complexity index is 587. The number of halogens is 1. The molecule has 0 amide bonds. The zero-order valence-corrected chi connectivity index (χ0v) is 13.2. The quantitative estimate of drug-likeness (QED) is 0.735. The lowest BCUT2D eigenvalue weighted by Crippen LogP contribution is -2.13. The molecule has 0 aromatic heterocycles. The monoisotopic (exact) mass is 304 g/mol. The standard InChI is InChI=1S/C17H21ClN2O/c1-3-21-16-6-4-5-14(11-16)19-9-10-20-15-8-7-13(2)17(18)12-15/h4-8,11-12,19-20H,3,9-10H2,1-2H3. The van der Waals surface area contributed by atoms with Crippen LogP contribution in [-0.2, 0) is 0 Å². The van der Waals surface area contributed by atoms with Crippen molar-refractivity contribution >= 4 is 23.0 Å². The second-order valence-electron chi connectivity index (χ2n) is 4.78. The van der Waals surface area contributed by atoms with Crippen LogP contribution in [0.15, 0.2) is 42.5 Å². The summed E-state index contributed by atoms with van der Waals surface area (Å²) in [7, 11) is 0. The smallest absolute Gasteiger partial charge is 0.121 e. The van der Waals surface area contributed by atoms with Crippen molar-refractivity contribution in [2.45, 2.75) is 13.8 Å². The molecule has 0 saturated carbocycles. The van der Waals surface area contributed by atoms with Gasteiger partial charge in [0.15, 0.2) is 0 Å². The first-order valence-electron chi connectivity index (χ1n) is 7.16. The van der Waals surface area contributed by atoms with Crippen molar-refractivity contribution in [3.05, 3.63) is 53.1 Å². The first kappa shape index (κ1) is 15.5. The third-order valence-corrected chi connectivity index (χ3v) is 3.51. The van der Waals surface area contributed by atoms with E-state index >= 15 is 0 Å². The molecule has 2 N–H and O–H groups in total. The number of anilines is 2. The predicted octanol–water partition coefficient (Wildman–Crippen LogP) is 4.57. The van der Waals surface area contributed by atoms with E-state index < -0.39 is 0 Å². The molecule has 0 heterocycles. The van der Waals surface area contributed by atoms with Gasteiger partial charge in [-0.25, -0.2) is 0 Å². The normalized spacial score (nSPS) is 10.2. The van der Waals surface area contributed by atoms with Crippen molar-refractivity contribution in [3.63, 3.8) is 0 Å². The fourth-order valence-corrected chi connectivity index (χ4v) is 2.16. The van der Waals surface area contributed by atoms with Gasteiger partial charge in [-0.3, -0.25) is 0 Å². The van der Waals surface area contributed by atoms with Crippen LogP contribution in [-0.4, -0.2) is 19.7 Å². The van der Waals surface area contributed by atoms with Crippen LogP contribution in [0.3, 0.4) is 0 Å². The number of ether oxygens (including phenoxy) is 1. The van der Waals surface area contributed by atoms with Crippen LogP contribution in [0.5, 0.6) is 5.75 Å². The third kappa shape index (κ3) is 4.87. The molecule has 0 fully saturated rings. The van der Waals surface area contributed by atoms with E-state index in [4.69, 9.17) is 16.3 Å². The highest BCUT2D eigenvalue weighted by Crippen LogP contribution is 2.20. The molecular weight excluding hydrogens is 284 g/mol. The van der Waals surface area contributed by atoms with Crippen LogP contribution in [0.1, 0.15) is 12.5 Å². The summed E-state index contributed by atoms with van der Waals surface area (Å²) in [5, 5.41) is 7.50. The second kappa shape index (κ2) is 7.79. The number of nitrogens with one attached hydrogen (secondary N) is 2. The van der Waals surface area contributed by atoms with Crippen LogP contribution in [0.2, 0.25) is 5.02 Å². The maximum absolute atomic E-state index is 6.10. The summed E-state index contributed by atoms with van der Waals surface area (Å²) in [6, 6.07) is 14.0. The summed E-state index contributed by atoms with van der Waals surface area (Å²) in [4.78, 5) is 0. The molecule has 0 atom stereocenters. The molecule has 2 aromatic carbocycles. The van der Waals surface area contributed by atoms with E-state index in [9.17, 15) is 0 Å². The van der Waals surface area contributed by atoms with Crippen LogP contribution in [0.4, 0.5) is 11.4 Å². The maximum atomic E-state index is 6.10. The minimum atomic E-state index is 0.680. The molecule has 0 aliphatic rings. The van der Waals surface area contributed by atoms with Gasteiger partial charge in [0.2, 0.25) is 0 Å². The molecule has 0 unspecified atom stereocenters. The molecule has 0 radical (unpaired) electrons. The van der Waals surface area contributed by atoms with Crippen molar-refractivity contribution < 1.29 is 4.74 Å². The van der Waals surface area contributed by atoms with Gasteiger partial charge in [-0.2, -0.15) is 0 Å². The first-order valence-corrected chi connectivity index (χ1v) is 7.53. The first-order chi connectivity index (χ1) is 10.2. The van der Waals surface area contributed by atoms with Crippen molar-refractivity contribution in [2.24, 2.45) is 0 Å². The highest BCUT2D eigenvalue weighted by molar-refractivity contribution is 6.31. The number of hydrogen-bond donors (Lipinski definition) is 2. The van der Waals surface area contributed by atoms with Crippen LogP contribution in [0, 0.1) is 6.92 Å². The van der Waals surface area contributed by atoms with Gasteiger partial charge in [0, 0.05) is 35.6 Å². The lowest BCUT2D eigenvalue weighted by molar-refractivity contribution is 0.340. The molecule has 21 heavy (non-hydrogen) atoms. The van der Waals surface area contributed by atoms with Gasteiger partial charge in [0.05, 0.1) is 6.61 Å². The Morgan fingerprint density at radius 3 is 2.38 bits per heavy atom. The molecule has 0 spiro atoms. The number of rotatable bonds is 7. The maximum Gasteiger partial charge on any atom is 0.121 e. The highest BCUT2D eigenvalue weighted by Gasteiger charge is 1.98. The third-order valence-electron chi connectivity index (χ3n) is 3.10. The van der Waals surface area contributed by atoms with Crippen molar-refractivity contribution in [3.8, 4) is 5.75 Å². The summed E-state index contributed by atoms with van der Waals surface area (Å²) in [6.45, 7) is 6.30. The van der Waals surface area contributed by atoms with Crippen molar-refractivity contribution in [1.82, 2.24) is 0 Å². The van der Waals surface area contributed by atoms with Crippen LogP contribution < -0.4 is 15.4 Å². The number of aryl methyl sites for hydroxylation is 1. The summed E-state index contributed by atoms with van der Waals surface area (Å²) in [5.41, 5.74) is 3.19. The van der Waals surface area contributed by atoms with Crippen molar-refractivity contribution in [2.75, 3.05) is 30.3 Å². The Morgan fingerprint density at radius 1 is 1.00 bits per heavy atom. The highest BCUT2D eigenvalue weighted by atomic mass is 35.5. The average molecular weight is 305 g/mol. The molecule has 0 saturated heterocycles. The lowest BCUT2D eigenvalue weighted by Gasteiger charge is -2.11. The average Bonchev–Trinajstić information content (AvgIpc) is 2.48. The van der Waals surface area contributed by atoms with E-state index in [0.717, 1.165) is 40.8 Å². The van der Waals surface area contributed by atoms with Gasteiger partial charge in [-0.1, -0.05) is 23.7 Å². The van der Waals surface area contributed by atoms with Gasteiger partial charge in [0.1, 0.15) is 5.75 Å². The zero-order valence-electron chi connectivity index (χ0n) is 12.4. The minimum Gasteiger partial charge on any atom is -0.494 e. The molecule has 4 heteroatoms. The molecule has 2 aromatic rings. The Morgan fingerprint density at radius 2 is 1.71 bits per heavy atom. The molecule has 2 rings (SSSR count). The summed E-state index contributed by atoms with van der Waals surface area (Å²) < 4.78 is 5.48. The molecule has 3 nitrogen and oxygen atoms in total. The fourth-order valence-electron chi connectivity index (χ4n) is 1.98. The Hall–Kier alpha value is -1.87. The molecule has 0 aliphatic carbocycles. The Labute approximate surface area is 131 Å². The summed E-state index contributed by atoms with van der Waals surface area (Å²) >= 11 is 6.10. The number of hydrogen-bond acceptors (Lipinski definition) is 3. The van der Waals surface area contributed by atoms with Gasteiger partial charge in [0.25, 0.3) is 0 Å². The fraction of sp³-hybridized carbons (Fsp3) is 0.294. The van der Waals surface area contributed by atoms with Crippen LogP contribution >= 0.6 is 11.6 Å².